The molecular formula is C19H17N3O3. The minimum absolute atomic E-state index is 0.150. The van der Waals surface area contributed by atoms with Gasteiger partial charge in [-0.1, -0.05) is 29.4 Å². The van der Waals surface area contributed by atoms with Crippen molar-refractivity contribution < 1.29 is 14.1 Å². The summed E-state index contributed by atoms with van der Waals surface area (Å²) < 4.78 is 5.29. The lowest BCUT2D eigenvalue weighted by Gasteiger charge is -2.05. The van der Waals surface area contributed by atoms with Gasteiger partial charge in [0.1, 0.15) is 0 Å². The van der Waals surface area contributed by atoms with Crippen LogP contribution in [0, 0.1) is 6.92 Å². The zero-order chi connectivity index (χ0) is 17.8. The van der Waals surface area contributed by atoms with Gasteiger partial charge in [0, 0.05) is 29.9 Å². The summed E-state index contributed by atoms with van der Waals surface area (Å²) >= 11 is 0. The van der Waals surface area contributed by atoms with Crippen molar-refractivity contribution in [3.63, 3.8) is 0 Å². The lowest BCUT2D eigenvalue weighted by molar-refractivity contribution is -0.114. The number of hydrogen-bond acceptors (Lipinski definition) is 4. The van der Waals surface area contributed by atoms with Crippen molar-refractivity contribution in [2.45, 2.75) is 13.8 Å². The molecule has 0 unspecified atom stereocenters. The molecule has 2 aromatic carbocycles. The van der Waals surface area contributed by atoms with E-state index < -0.39 is 0 Å². The number of hydrogen-bond donors (Lipinski definition) is 2. The number of nitrogens with one attached hydrogen (secondary N) is 2. The normalized spacial score (nSPS) is 10.3. The van der Waals surface area contributed by atoms with Gasteiger partial charge in [0.15, 0.2) is 11.5 Å². The van der Waals surface area contributed by atoms with E-state index in [4.69, 9.17) is 4.52 Å². The molecule has 0 bridgehead atoms. The summed E-state index contributed by atoms with van der Waals surface area (Å²) in [6.45, 7) is 3.40. The first kappa shape index (κ1) is 16.4. The fourth-order valence-electron chi connectivity index (χ4n) is 2.39. The molecule has 1 aromatic heterocycles. The number of rotatable bonds is 4. The van der Waals surface area contributed by atoms with E-state index in [1.807, 2.05) is 31.2 Å². The lowest BCUT2D eigenvalue weighted by Crippen LogP contribution is -2.12. The molecule has 6 nitrogen and oxygen atoms in total. The minimum Gasteiger partial charge on any atom is -0.355 e. The van der Waals surface area contributed by atoms with Crippen LogP contribution >= 0.6 is 0 Å². The van der Waals surface area contributed by atoms with Crippen LogP contribution in [0.1, 0.15) is 23.0 Å². The average molecular weight is 335 g/mol. The number of aryl methyl sites for hydroxylation is 1. The predicted octanol–water partition coefficient (Wildman–Crippen LogP) is 3.86. The quantitative estimate of drug-likeness (QED) is 0.758. The van der Waals surface area contributed by atoms with E-state index in [1.165, 1.54) is 6.92 Å². The Balaban J connectivity index is 1.72. The van der Waals surface area contributed by atoms with Crippen molar-refractivity contribution in [2.24, 2.45) is 0 Å². The first-order valence-electron chi connectivity index (χ1n) is 7.74. The van der Waals surface area contributed by atoms with Crippen LogP contribution < -0.4 is 10.6 Å². The van der Waals surface area contributed by atoms with Crippen molar-refractivity contribution in [3.05, 3.63) is 65.9 Å². The van der Waals surface area contributed by atoms with Crippen LogP contribution in [0.4, 0.5) is 11.4 Å². The molecule has 0 atom stereocenters. The molecular weight excluding hydrogens is 318 g/mol. The molecule has 0 radical (unpaired) electrons. The monoisotopic (exact) mass is 335 g/mol. The number of nitrogens with zero attached hydrogens (tertiary/aromatic N) is 1. The van der Waals surface area contributed by atoms with Gasteiger partial charge < -0.3 is 15.2 Å². The molecule has 0 aliphatic heterocycles. The number of carbonyl (C=O) groups excluding carboxylic acids is 2. The summed E-state index contributed by atoms with van der Waals surface area (Å²) in [5, 5.41) is 9.25. The summed E-state index contributed by atoms with van der Waals surface area (Å²) in [6.07, 6.45) is 0. The Morgan fingerprint density at radius 1 is 0.960 bits per heavy atom. The van der Waals surface area contributed by atoms with E-state index in [9.17, 15) is 9.59 Å². The highest BCUT2D eigenvalue weighted by Gasteiger charge is 2.15. The molecule has 126 valence electrons. The zero-order valence-electron chi connectivity index (χ0n) is 13.9. The van der Waals surface area contributed by atoms with Crippen molar-refractivity contribution in [1.29, 1.82) is 0 Å². The van der Waals surface area contributed by atoms with E-state index in [2.05, 4.69) is 15.8 Å². The maximum atomic E-state index is 12.3. The van der Waals surface area contributed by atoms with Gasteiger partial charge in [-0.2, -0.15) is 0 Å². The van der Waals surface area contributed by atoms with Gasteiger partial charge in [0.2, 0.25) is 5.91 Å². The van der Waals surface area contributed by atoms with E-state index in [1.54, 1.807) is 30.3 Å². The highest BCUT2D eigenvalue weighted by atomic mass is 16.5. The molecule has 6 heteroatoms. The van der Waals surface area contributed by atoms with Gasteiger partial charge in [0.05, 0.1) is 0 Å². The van der Waals surface area contributed by atoms with Gasteiger partial charge in [-0.3, -0.25) is 9.59 Å². The van der Waals surface area contributed by atoms with Crippen molar-refractivity contribution in [3.8, 4) is 11.3 Å². The van der Waals surface area contributed by atoms with E-state index in [0.29, 0.717) is 17.1 Å². The predicted molar refractivity (Wildman–Crippen MR) is 95.4 cm³/mol. The highest BCUT2D eigenvalue weighted by Crippen LogP contribution is 2.24. The topological polar surface area (TPSA) is 84.2 Å². The van der Waals surface area contributed by atoms with E-state index in [-0.39, 0.29) is 17.5 Å². The molecule has 0 aliphatic carbocycles. The van der Waals surface area contributed by atoms with Crippen LogP contribution in [0.25, 0.3) is 11.3 Å². The van der Waals surface area contributed by atoms with E-state index in [0.717, 1.165) is 11.1 Å². The summed E-state index contributed by atoms with van der Waals surface area (Å²) in [5.41, 5.74) is 3.39. The third kappa shape index (κ3) is 3.92. The van der Waals surface area contributed by atoms with Gasteiger partial charge in [-0.25, -0.2) is 0 Å². The van der Waals surface area contributed by atoms with Gasteiger partial charge in [0.25, 0.3) is 5.91 Å². The highest BCUT2D eigenvalue weighted by molar-refractivity contribution is 6.03. The number of aromatic nitrogens is 1. The molecule has 0 saturated carbocycles. The number of carbonyl (C=O) groups is 2. The van der Waals surface area contributed by atoms with Crippen molar-refractivity contribution in [2.75, 3.05) is 10.6 Å². The average Bonchev–Trinajstić information content (AvgIpc) is 3.06. The first-order valence-corrected chi connectivity index (χ1v) is 7.74. The Kier molecular flexibility index (Phi) is 4.61. The van der Waals surface area contributed by atoms with Crippen molar-refractivity contribution >= 4 is 23.2 Å². The summed E-state index contributed by atoms with van der Waals surface area (Å²) in [4.78, 5) is 23.3. The van der Waals surface area contributed by atoms with Gasteiger partial charge >= 0.3 is 0 Å². The number of benzene rings is 2. The molecule has 0 aliphatic rings. The second kappa shape index (κ2) is 7.00. The van der Waals surface area contributed by atoms with Crippen LogP contribution in [0.3, 0.4) is 0 Å². The summed E-state index contributed by atoms with van der Waals surface area (Å²) in [6, 6.07) is 16.2. The maximum absolute atomic E-state index is 12.3. The largest absolute Gasteiger partial charge is 0.355 e. The van der Waals surface area contributed by atoms with Crippen molar-refractivity contribution in [1.82, 2.24) is 5.16 Å². The summed E-state index contributed by atoms with van der Waals surface area (Å²) in [5.74, 6) is 0.0308. The summed E-state index contributed by atoms with van der Waals surface area (Å²) in [7, 11) is 0. The molecule has 0 spiro atoms. The molecule has 25 heavy (non-hydrogen) atoms. The zero-order valence-corrected chi connectivity index (χ0v) is 13.9. The van der Waals surface area contributed by atoms with Gasteiger partial charge in [-0.15, -0.1) is 0 Å². The second-order valence-corrected chi connectivity index (χ2v) is 5.60. The molecule has 1 heterocycles. The molecule has 0 saturated heterocycles. The minimum atomic E-state index is -0.365. The van der Waals surface area contributed by atoms with Crippen LogP contribution in [-0.4, -0.2) is 17.0 Å². The van der Waals surface area contributed by atoms with E-state index >= 15 is 0 Å². The molecule has 2 N–H and O–H groups in total. The van der Waals surface area contributed by atoms with Crippen LogP contribution in [-0.2, 0) is 4.79 Å². The Morgan fingerprint density at radius 2 is 1.60 bits per heavy atom. The second-order valence-electron chi connectivity index (χ2n) is 5.60. The van der Waals surface area contributed by atoms with Crippen LogP contribution in [0.2, 0.25) is 0 Å². The fourth-order valence-corrected chi connectivity index (χ4v) is 2.39. The third-order valence-corrected chi connectivity index (χ3v) is 3.62. The molecule has 3 aromatic rings. The SMILES string of the molecule is CC(=O)Nc1ccc(NC(=O)c2cc(-c3ccccc3C)on2)cc1. The molecule has 2 amide bonds. The fraction of sp³-hybridized carbons (Fsp3) is 0.105. The Hall–Kier alpha value is -3.41. The standard InChI is InChI=1S/C19H17N3O3/c1-12-5-3-4-6-16(12)18-11-17(22-25-18)19(24)21-15-9-7-14(8-10-15)20-13(2)23/h3-11H,1-2H3,(H,20,23)(H,21,24). The smallest absolute Gasteiger partial charge is 0.277 e. The lowest BCUT2D eigenvalue weighted by atomic mass is 10.1. The number of anilines is 2. The molecule has 0 fully saturated rings. The maximum Gasteiger partial charge on any atom is 0.277 e. The first-order chi connectivity index (χ1) is 12.0. The molecule has 3 rings (SSSR count). The Bertz CT molecular complexity index is 914. The third-order valence-electron chi connectivity index (χ3n) is 3.62. The van der Waals surface area contributed by atoms with Crippen LogP contribution in [0.15, 0.2) is 59.1 Å². The van der Waals surface area contributed by atoms with Crippen LogP contribution in [0.5, 0.6) is 0 Å². The van der Waals surface area contributed by atoms with Gasteiger partial charge in [-0.05, 0) is 36.8 Å². The number of amides is 2. The Labute approximate surface area is 144 Å². The Morgan fingerprint density at radius 3 is 2.24 bits per heavy atom.